The Hall–Kier alpha value is -2.09. The number of aryl methyl sites for hydroxylation is 4. The Morgan fingerprint density at radius 2 is 1.71 bits per heavy atom. The van der Waals surface area contributed by atoms with E-state index < -0.39 is 0 Å². The Morgan fingerprint density at radius 3 is 2.24 bits per heavy atom. The van der Waals surface area contributed by atoms with Crippen molar-refractivity contribution in [2.45, 2.75) is 37.9 Å². The minimum absolute atomic E-state index is 0.0312. The Morgan fingerprint density at radius 1 is 1.14 bits per heavy atom. The molecule has 0 bridgehead atoms. The van der Waals surface area contributed by atoms with Gasteiger partial charge in [0.25, 0.3) is 0 Å². The summed E-state index contributed by atoms with van der Waals surface area (Å²) >= 11 is 1.35. The van der Waals surface area contributed by atoms with Gasteiger partial charge < -0.3 is 10.9 Å². The van der Waals surface area contributed by atoms with Gasteiger partial charge in [-0.05, 0) is 45.0 Å². The highest BCUT2D eigenvalue weighted by Crippen LogP contribution is 2.30. The number of oxime groups is 1. The summed E-state index contributed by atoms with van der Waals surface area (Å²) in [5, 5.41) is 17.7. The normalized spacial score (nSPS) is 12.0. The van der Waals surface area contributed by atoms with Crippen molar-refractivity contribution in [1.29, 1.82) is 0 Å². The van der Waals surface area contributed by atoms with E-state index in [4.69, 9.17) is 10.9 Å². The van der Waals surface area contributed by atoms with Crippen LogP contribution < -0.4 is 5.73 Å². The maximum atomic E-state index is 8.92. The molecule has 0 radical (unpaired) electrons. The highest BCUT2D eigenvalue weighted by molar-refractivity contribution is 7.99. The van der Waals surface area contributed by atoms with E-state index in [2.05, 4.69) is 20.2 Å². The average molecular weight is 306 g/mol. The van der Waals surface area contributed by atoms with Gasteiger partial charge in [-0.1, -0.05) is 5.16 Å². The molecule has 2 aromatic rings. The van der Waals surface area contributed by atoms with Crippen molar-refractivity contribution in [3.63, 3.8) is 0 Å². The summed E-state index contributed by atoms with van der Waals surface area (Å²) in [7, 11) is 1.80. The minimum Gasteiger partial charge on any atom is -0.409 e. The number of hydrogen-bond acceptors (Lipinski definition) is 6. The van der Waals surface area contributed by atoms with Crippen LogP contribution in [-0.2, 0) is 7.05 Å². The monoisotopic (exact) mass is 306 g/mol. The lowest BCUT2D eigenvalue weighted by atomic mass is 10.2. The van der Waals surface area contributed by atoms with Gasteiger partial charge in [0, 0.05) is 18.4 Å². The zero-order valence-electron chi connectivity index (χ0n) is 12.7. The first-order valence-electron chi connectivity index (χ1n) is 6.36. The zero-order valence-corrected chi connectivity index (χ0v) is 13.5. The molecule has 8 heteroatoms. The summed E-state index contributed by atoms with van der Waals surface area (Å²) in [4.78, 5) is 8.95. The molecule has 0 saturated carbocycles. The van der Waals surface area contributed by atoms with Gasteiger partial charge in [-0.2, -0.15) is 5.10 Å². The number of nitrogens with two attached hydrogens (primary N) is 1. The largest absolute Gasteiger partial charge is 0.409 e. The first kappa shape index (κ1) is 15.3. The molecule has 0 saturated heterocycles. The predicted octanol–water partition coefficient (Wildman–Crippen LogP) is 1.69. The molecule has 2 aromatic heterocycles. The fraction of sp³-hybridized carbons (Fsp3) is 0.385. The molecule has 0 aliphatic rings. The van der Waals surface area contributed by atoms with Gasteiger partial charge in [0.2, 0.25) is 0 Å². The van der Waals surface area contributed by atoms with E-state index >= 15 is 0 Å². The quantitative estimate of drug-likeness (QED) is 0.294. The van der Waals surface area contributed by atoms with E-state index in [1.54, 1.807) is 11.7 Å². The van der Waals surface area contributed by atoms with Crippen LogP contribution in [0.25, 0.3) is 0 Å². The second kappa shape index (κ2) is 5.72. The summed E-state index contributed by atoms with van der Waals surface area (Å²) in [5.41, 5.74) is 9.99. The molecule has 0 aliphatic heterocycles. The molecule has 0 fully saturated rings. The molecule has 0 aliphatic carbocycles. The van der Waals surface area contributed by atoms with Gasteiger partial charge in [0.15, 0.2) is 11.0 Å². The van der Waals surface area contributed by atoms with Gasteiger partial charge >= 0.3 is 0 Å². The van der Waals surface area contributed by atoms with Crippen LogP contribution in [0.3, 0.4) is 0 Å². The highest BCUT2D eigenvalue weighted by Gasteiger charge is 2.19. The molecule has 21 heavy (non-hydrogen) atoms. The molecular formula is C13H18N6OS. The topological polar surface area (TPSA) is 102 Å². The van der Waals surface area contributed by atoms with E-state index in [1.807, 2.05) is 27.7 Å². The second-order valence-corrected chi connectivity index (χ2v) is 5.73. The summed E-state index contributed by atoms with van der Waals surface area (Å²) in [6, 6.07) is 0. The number of nitrogens with zero attached hydrogens (tertiary/aromatic N) is 5. The van der Waals surface area contributed by atoms with Crippen molar-refractivity contribution in [2.75, 3.05) is 0 Å². The van der Waals surface area contributed by atoms with Gasteiger partial charge in [0.1, 0.15) is 5.03 Å². The second-order valence-electron chi connectivity index (χ2n) is 4.78. The van der Waals surface area contributed by atoms with Gasteiger partial charge in [-0.3, -0.25) is 4.68 Å². The summed E-state index contributed by atoms with van der Waals surface area (Å²) in [5.74, 6) is 0.0312. The number of aromatic nitrogens is 4. The Kier molecular flexibility index (Phi) is 4.17. The SMILES string of the molecule is Cc1nc(Sc2c(C(N)=NO)c(C)nn2C)nc(C)c1C. The number of hydrogen-bond donors (Lipinski definition) is 2. The smallest absolute Gasteiger partial charge is 0.194 e. The Labute approximate surface area is 127 Å². The van der Waals surface area contributed by atoms with Crippen LogP contribution in [0.15, 0.2) is 15.3 Å². The van der Waals surface area contributed by atoms with Crippen LogP contribution in [0.1, 0.15) is 28.2 Å². The first-order chi connectivity index (χ1) is 9.85. The van der Waals surface area contributed by atoms with Crippen molar-refractivity contribution in [2.24, 2.45) is 17.9 Å². The van der Waals surface area contributed by atoms with Crippen LogP contribution in [0.5, 0.6) is 0 Å². The van der Waals surface area contributed by atoms with Crippen molar-refractivity contribution in [3.8, 4) is 0 Å². The highest BCUT2D eigenvalue weighted by atomic mass is 32.2. The minimum atomic E-state index is 0.0312. The van der Waals surface area contributed by atoms with Crippen molar-refractivity contribution in [3.05, 3.63) is 28.2 Å². The predicted molar refractivity (Wildman–Crippen MR) is 80.8 cm³/mol. The molecule has 2 rings (SSSR count). The molecular weight excluding hydrogens is 288 g/mol. The Balaban J connectivity index is 2.50. The lowest BCUT2D eigenvalue weighted by Crippen LogP contribution is -2.15. The van der Waals surface area contributed by atoms with E-state index in [9.17, 15) is 0 Å². The molecule has 0 unspecified atom stereocenters. The summed E-state index contributed by atoms with van der Waals surface area (Å²) in [6.07, 6.45) is 0. The number of amidine groups is 1. The Bertz CT molecular complexity index is 699. The van der Waals surface area contributed by atoms with Crippen LogP contribution in [0.2, 0.25) is 0 Å². The molecule has 0 spiro atoms. The van der Waals surface area contributed by atoms with Crippen LogP contribution in [0.4, 0.5) is 0 Å². The van der Waals surface area contributed by atoms with Crippen LogP contribution >= 0.6 is 11.8 Å². The maximum Gasteiger partial charge on any atom is 0.194 e. The van der Waals surface area contributed by atoms with Gasteiger partial charge in [-0.15, -0.1) is 0 Å². The van der Waals surface area contributed by atoms with E-state index in [-0.39, 0.29) is 5.84 Å². The average Bonchev–Trinajstić information content (AvgIpc) is 2.69. The van der Waals surface area contributed by atoms with Crippen molar-refractivity contribution < 1.29 is 5.21 Å². The molecule has 7 nitrogen and oxygen atoms in total. The van der Waals surface area contributed by atoms with Gasteiger partial charge in [0.05, 0.1) is 11.3 Å². The molecule has 112 valence electrons. The first-order valence-corrected chi connectivity index (χ1v) is 7.18. The standard InChI is InChI=1S/C13H18N6OS/c1-6-7(2)15-13(16-8(6)3)21-12-10(11(14)18-20)9(4)17-19(12)5/h20H,1-5H3,(H2,14,18). The van der Waals surface area contributed by atoms with E-state index in [1.165, 1.54) is 11.8 Å². The number of rotatable bonds is 3. The molecule has 0 atom stereocenters. The van der Waals surface area contributed by atoms with Crippen LogP contribution in [0, 0.1) is 27.7 Å². The van der Waals surface area contributed by atoms with E-state index in [0.29, 0.717) is 16.4 Å². The fourth-order valence-electron chi connectivity index (χ4n) is 1.97. The zero-order chi connectivity index (χ0) is 15.7. The maximum absolute atomic E-state index is 8.92. The molecule has 2 heterocycles. The van der Waals surface area contributed by atoms with Crippen LogP contribution in [-0.4, -0.2) is 30.8 Å². The third-order valence-electron chi connectivity index (χ3n) is 3.33. The van der Waals surface area contributed by atoms with Gasteiger partial charge in [-0.25, -0.2) is 9.97 Å². The molecule has 0 amide bonds. The lowest BCUT2D eigenvalue weighted by Gasteiger charge is -2.08. The molecule has 0 aromatic carbocycles. The summed E-state index contributed by atoms with van der Waals surface area (Å²) < 4.78 is 1.68. The summed E-state index contributed by atoms with van der Waals surface area (Å²) in [6.45, 7) is 7.71. The lowest BCUT2D eigenvalue weighted by molar-refractivity contribution is 0.318. The third kappa shape index (κ3) is 2.85. The third-order valence-corrected chi connectivity index (χ3v) is 4.36. The fourth-order valence-corrected chi connectivity index (χ4v) is 3.04. The molecule has 3 N–H and O–H groups in total. The van der Waals surface area contributed by atoms with Crippen molar-refractivity contribution in [1.82, 2.24) is 19.7 Å². The van der Waals surface area contributed by atoms with Crippen molar-refractivity contribution >= 4 is 17.6 Å². The van der Waals surface area contributed by atoms with E-state index in [0.717, 1.165) is 22.0 Å².